The summed E-state index contributed by atoms with van der Waals surface area (Å²) in [6, 6.07) is 11.4. The Morgan fingerprint density at radius 2 is 1.94 bits per heavy atom. The molecule has 0 fully saturated rings. The highest BCUT2D eigenvalue weighted by molar-refractivity contribution is 7.99. The lowest BCUT2D eigenvalue weighted by Crippen LogP contribution is -2.38. The van der Waals surface area contributed by atoms with Crippen molar-refractivity contribution in [2.24, 2.45) is 0 Å². The summed E-state index contributed by atoms with van der Waals surface area (Å²) in [7, 11) is -2.69. The van der Waals surface area contributed by atoms with Crippen LogP contribution in [0.25, 0.3) is 0 Å². The number of ether oxygens (including phenoxy) is 1. The van der Waals surface area contributed by atoms with Gasteiger partial charge in [-0.15, -0.1) is 11.8 Å². The maximum absolute atomic E-state index is 13.8. The first kappa shape index (κ1) is 36.9. The van der Waals surface area contributed by atoms with E-state index in [0.717, 1.165) is 21.9 Å². The van der Waals surface area contributed by atoms with Gasteiger partial charge in [0.25, 0.3) is 15.7 Å². The third-order valence-electron chi connectivity index (χ3n) is 8.58. The van der Waals surface area contributed by atoms with E-state index in [-0.39, 0.29) is 47.8 Å². The molecule has 2 aromatic carbocycles. The lowest BCUT2D eigenvalue weighted by atomic mass is 10.1. The Kier molecular flexibility index (Phi) is 10.9. The molecule has 1 amide bonds. The molecular weight excluding hydrogens is 700 g/mol. The number of allylic oxidation sites excluding steroid dienone is 2. The molecule has 2 N–H and O–H groups in total. The summed E-state index contributed by atoms with van der Waals surface area (Å²) in [4.78, 5) is 34.9. The summed E-state index contributed by atoms with van der Waals surface area (Å²) in [6.07, 6.45) is -3.76. The van der Waals surface area contributed by atoms with Crippen molar-refractivity contribution in [1.29, 1.82) is 0 Å². The van der Waals surface area contributed by atoms with E-state index in [0.29, 0.717) is 18.7 Å². The molecule has 0 saturated carbocycles. The fourth-order valence-corrected chi connectivity index (χ4v) is 7.58. The fraction of sp³-hybridized carbons (Fsp3) is 0.406. The minimum Gasteiger partial charge on any atom is -0.415 e. The molecule has 2 bridgehead atoms. The largest absolute Gasteiger partial charge is 0.451 e. The van der Waals surface area contributed by atoms with Gasteiger partial charge in [0.05, 0.1) is 22.1 Å². The number of hydrogen-bond acceptors (Lipinski definition) is 11. The number of anilines is 2. The van der Waals surface area contributed by atoms with Crippen LogP contribution in [0.3, 0.4) is 0 Å². The Balaban J connectivity index is 1.41. The van der Waals surface area contributed by atoms with Crippen molar-refractivity contribution in [3.63, 3.8) is 0 Å². The molecule has 2 aliphatic heterocycles. The van der Waals surface area contributed by atoms with Gasteiger partial charge >= 0.3 is 12.3 Å². The van der Waals surface area contributed by atoms with Crippen LogP contribution in [0.5, 0.6) is 0 Å². The number of hydrogen-bond donors (Lipinski definition) is 2. The molecule has 3 aromatic rings. The summed E-state index contributed by atoms with van der Waals surface area (Å²) in [5, 5.41) is 15.4. The molecule has 0 spiro atoms. The zero-order chi connectivity index (χ0) is 36.4. The van der Waals surface area contributed by atoms with E-state index in [4.69, 9.17) is 4.74 Å². The van der Waals surface area contributed by atoms with Crippen molar-refractivity contribution in [1.82, 2.24) is 19.8 Å². The van der Waals surface area contributed by atoms with E-state index in [1.807, 2.05) is 19.2 Å². The summed E-state index contributed by atoms with van der Waals surface area (Å²) in [6.45, 7) is 5.56. The maximum atomic E-state index is 13.8. The first-order chi connectivity index (χ1) is 23.5. The number of carbonyl (C=O) groups is 1. The molecule has 50 heavy (non-hydrogen) atoms. The number of nitro groups is 1. The number of amides is 1. The SMILES string of the molecule is C/C=C(\C)OC(=O)N1CCc2c(nc(C(F)(F)F)nc2NS(=O)(=O)c2ccc(N[C@@H]3CCN(C)C(C)c4cccc(c4)SC3)c([N+](=O)[O-])c2)C1. The number of aromatic nitrogens is 2. The van der Waals surface area contributed by atoms with Gasteiger partial charge in [-0.05, 0) is 76.6 Å². The molecule has 5 rings (SSSR count). The Morgan fingerprint density at radius 3 is 2.64 bits per heavy atom. The lowest BCUT2D eigenvalue weighted by Gasteiger charge is -2.29. The van der Waals surface area contributed by atoms with Crippen LogP contribution in [-0.2, 0) is 33.9 Å². The first-order valence-electron chi connectivity index (χ1n) is 15.6. The molecule has 2 aliphatic rings. The number of alkyl halides is 3. The van der Waals surface area contributed by atoms with Crippen LogP contribution in [0.4, 0.5) is 35.2 Å². The molecule has 18 heteroatoms. The zero-order valence-corrected chi connectivity index (χ0v) is 29.3. The van der Waals surface area contributed by atoms with Gasteiger partial charge in [0.15, 0.2) is 0 Å². The second-order valence-electron chi connectivity index (χ2n) is 12.0. The van der Waals surface area contributed by atoms with Crippen molar-refractivity contribution < 1.29 is 36.0 Å². The summed E-state index contributed by atoms with van der Waals surface area (Å²) in [5.41, 5.74) is 0.598. The Labute approximate surface area is 291 Å². The van der Waals surface area contributed by atoms with Gasteiger partial charge in [0.1, 0.15) is 17.3 Å². The molecule has 3 heterocycles. The molecular formula is C32H36F3N7O6S2. The predicted molar refractivity (Wildman–Crippen MR) is 181 cm³/mol. The van der Waals surface area contributed by atoms with Gasteiger partial charge in [-0.1, -0.05) is 12.1 Å². The van der Waals surface area contributed by atoms with E-state index < -0.39 is 56.0 Å². The van der Waals surface area contributed by atoms with Crippen LogP contribution in [-0.4, -0.2) is 71.1 Å². The van der Waals surface area contributed by atoms with Gasteiger partial charge in [0.2, 0.25) is 5.82 Å². The lowest BCUT2D eigenvalue weighted by molar-refractivity contribution is -0.384. The highest BCUT2D eigenvalue weighted by Gasteiger charge is 2.38. The second kappa shape index (κ2) is 14.8. The molecule has 1 aromatic heterocycles. The average Bonchev–Trinajstić information content (AvgIpc) is 3.07. The van der Waals surface area contributed by atoms with Gasteiger partial charge in [0, 0.05) is 47.5 Å². The van der Waals surface area contributed by atoms with Crippen molar-refractivity contribution in [2.45, 2.75) is 68.2 Å². The Hall–Kier alpha value is -4.42. The van der Waals surface area contributed by atoms with Crippen LogP contribution in [0.2, 0.25) is 0 Å². The summed E-state index contributed by atoms with van der Waals surface area (Å²) >= 11 is 1.60. The standard InChI is InChI=1S/C32H36F3N7O6S2/c1-5-19(2)48-31(43)41-14-12-25-27(17-41)37-30(32(33,34)35)38-29(25)39-50(46,47)24-9-10-26(28(16-24)42(44)45)36-22-11-13-40(4)20(3)21-7-6-8-23(15-21)49-18-22/h5-10,15-16,20,22,36H,11-14,17-18H2,1-4H3,(H,37,38,39)/b19-5+/t20?,22-/m1/s1. The molecule has 0 aliphatic carbocycles. The monoisotopic (exact) mass is 735 g/mol. The van der Waals surface area contributed by atoms with Gasteiger partial charge in [-0.3, -0.25) is 19.7 Å². The maximum Gasteiger partial charge on any atom is 0.451 e. The molecule has 2 atom stereocenters. The smallest absolute Gasteiger partial charge is 0.415 e. The van der Waals surface area contributed by atoms with Crippen molar-refractivity contribution in [3.05, 3.63) is 87.1 Å². The number of nitrogens with one attached hydrogen (secondary N) is 2. The van der Waals surface area contributed by atoms with Gasteiger partial charge in [-0.2, -0.15) is 13.2 Å². The van der Waals surface area contributed by atoms with Crippen molar-refractivity contribution in [3.8, 4) is 0 Å². The van der Waals surface area contributed by atoms with Crippen LogP contribution >= 0.6 is 11.8 Å². The first-order valence-corrected chi connectivity index (χ1v) is 18.1. The Bertz CT molecular complexity index is 1930. The third kappa shape index (κ3) is 8.47. The number of rotatable bonds is 7. The second-order valence-corrected chi connectivity index (χ2v) is 14.7. The predicted octanol–water partition coefficient (Wildman–Crippen LogP) is 6.59. The van der Waals surface area contributed by atoms with Crippen molar-refractivity contribution >= 4 is 45.1 Å². The number of fused-ring (bicyclic) bond motifs is 3. The van der Waals surface area contributed by atoms with E-state index in [1.165, 1.54) is 24.6 Å². The minimum atomic E-state index is -5.05. The normalized spacial score (nSPS) is 18.9. The number of thioether (sulfide) groups is 1. The van der Waals surface area contributed by atoms with E-state index in [9.17, 15) is 36.5 Å². The van der Waals surface area contributed by atoms with Gasteiger partial charge in [-0.25, -0.2) is 23.2 Å². The molecule has 13 nitrogen and oxygen atoms in total. The van der Waals surface area contributed by atoms with E-state index in [2.05, 4.69) is 44.0 Å². The van der Waals surface area contributed by atoms with Crippen LogP contribution in [0.15, 0.2) is 64.1 Å². The number of sulfonamides is 1. The number of halogens is 3. The number of carbonyl (C=O) groups excluding carboxylic acids is 1. The third-order valence-corrected chi connectivity index (χ3v) is 11.1. The molecule has 1 unspecified atom stereocenters. The van der Waals surface area contributed by atoms with E-state index in [1.54, 1.807) is 18.7 Å². The van der Waals surface area contributed by atoms with Gasteiger partial charge < -0.3 is 15.0 Å². The topological polar surface area (TPSA) is 160 Å². The fourth-order valence-electron chi connectivity index (χ4n) is 5.48. The Morgan fingerprint density at radius 1 is 1.18 bits per heavy atom. The average molecular weight is 736 g/mol. The number of benzene rings is 2. The molecule has 0 radical (unpaired) electrons. The number of nitro benzene ring substituents is 1. The minimum absolute atomic E-state index is 0.0162. The highest BCUT2D eigenvalue weighted by atomic mass is 32.2. The quantitative estimate of drug-likeness (QED) is 0.153. The van der Waals surface area contributed by atoms with Crippen molar-refractivity contribution in [2.75, 3.05) is 35.9 Å². The highest BCUT2D eigenvalue weighted by Crippen LogP contribution is 2.35. The summed E-state index contributed by atoms with van der Waals surface area (Å²) < 4.78 is 75.9. The molecule has 0 saturated heterocycles. The molecule has 268 valence electrons. The van der Waals surface area contributed by atoms with Crippen LogP contribution in [0.1, 0.15) is 55.9 Å². The van der Waals surface area contributed by atoms with Crippen LogP contribution < -0.4 is 10.0 Å². The summed E-state index contributed by atoms with van der Waals surface area (Å²) in [5.74, 6) is -1.38. The van der Waals surface area contributed by atoms with Crippen LogP contribution in [0, 0.1) is 10.1 Å². The number of nitrogens with zero attached hydrogens (tertiary/aromatic N) is 5. The zero-order valence-electron chi connectivity index (χ0n) is 27.7. The van der Waals surface area contributed by atoms with E-state index >= 15 is 0 Å².